The number of fused-ring (bicyclic) bond motifs is 1. The Bertz CT molecular complexity index is 620. The van der Waals surface area contributed by atoms with E-state index in [1.807, 2.05) is 24.3 Å². The number of carbonyl (C=O) groups excluding carboxylic acids is 1. The van der Waals surface area contributed by atoms with Crippen molar-refractivity contribution in [3.8, 4) is 16.9 Å². The van der Waals surface area contributed by atoms with Crippen molar-refractivity contribution >= 4 is 11.6 Å². The minimum absolute atomic E-state index is 0.0940. The van der Waals surface area contributed by atoms with Crippen molar-refractivity contribution < 1.29 is 9.53 Å². The smallest absolute Gasteiger partial charge is 0.262 e. The van der Waals surface area contributed by atoms with Gasteiger partial charge in [-0.25, -0.2) is 0 Å². The summed E-state index contributed by atoms with van der Waals surface area (Å²) in [7, 11) is 0. The van der Waals surface area contributed by atoms with Crippen molar-refractivity contribution in [2.45, 2.75) is 6.92 Å². The molecular weight excluding hydrogens is 226 g/mol. The van der Waals surface area contributed by atoms with E-state index in [9.17, 15) is 4.79 Å². The first kappa shape index (κ1) is 10.8. The van der Waals surface area contributed by atoms with E-state index in [-0.39, 0.29) is 12.5 Å². The summed E-state index contributed by atoms with van der Waals surface area (Å²) in [4.78, 5) is 11.3. The molecule has 1 heterocycles. The Morgan fingerprint density at radius 1 is 1.11 bits per heavy atom. The summed E-state index contributed by atoms with van der Waals surface area (Å²) >= 11 is 0. The zero-order chi connectivity index (χ0) is 12.5. The van der Waals surface area contributed by atoms with Gasteiger partial charge < -0.3 is 10.1 Å². The van der Waals surface area contributed by atoms with Gasteiger partial charge in [0.2, 0.25) is 0 Å². The van der Waals surface area contributed by atoms with Crippen LogP contribution < -0.4 is 10.1 Å². The van der Waals surface area contributed by atoms with E-state index in [4.69, 9.17) is 4.74 Å². The minimum Gasteiger partial charge on any atom is -0.482 e. The molecule has 2 aromatic carbocycles. The first-order chi connectivity index (χ1) is 8.72. The van der Waals surface area contributed by atoms with Gasteiger partial charge in [-0.2, -0.15) is 0 Å². The Morgan fingerprint density at radius 3 is 2.78 bits per heavy atom. The third kappa shape index (κ3) is 1.95. The van der Waals surface area contributed by atoms with Gasteiger partial charge in [0.25, 0.3) is 5.91 Å². The molecule has 0 aliphatic carbocycles. The molecule has 0 unspecified atom stereocenters. The lowest BCUT2D eigenvalue weighted by Crippen LogP contribution is -2.25. The molecule has 0 saturated heterocycles. The summed E-state index contributed by atoms with van der Waals surface area (Å²) in [6.07, 6.45) is 0. The normalized spacial score (nSPS) is 13.5. The number of ether oxygens (including phenoxy) is 1. The summed E-state index contributed by atoms with van der Waals surface area (Å²) in [6.45, 7) is 2.16. The second kappa shape index (κ2) is 4.18. The summed E-state index contributed by atoms with van der Waals surface area (Å²) in [5, 5.41) is 2.82. The minimum atomic E-state index is -0.108. The van der Waals surface area contributed by atoms with Gasteiger partial charge in [0.15, 0.2) is 6.61 Å². The van der Waals surface area contributed by atoms with Crippen molar-refractivity contribution in [2.75, 3.05) is 11.9 Å². The highest BCUT2D eigenvalue weighted by Gasteiger charge is 2.16. The third-order valence-electron chi connectivity index (χ3n) is 2.96. The molecule has 2 aromatic rings. The SMILES string of the molecule is Cc1cccc(-c2ccc3c(c2)NC(=O)CO3)c1. The van der Waals surface area contributed by atoms with Crippen molar-refractivity contribution in [1.29, 1.82) is 0 Å². The number of hydrogen-bond donors (Lipinski definition) is 1. The van der Waals surface area contributed by atoms with Gasteiger partial charge in [-0.15, -0.1) is 0 Å². The molecule has 1 aliphatic rings. The number of nitrogens with one attached hydrogen (secondary N) is 1. The maximum Gasteiger partial charge on any atom is 0.262 e. The Hall–Kier alpha value is -2.29. The lowest BCUT2D eigenvalue weighted by Gasteiger charge is -2.18. The number of hydrogen-bond acceptors (Lipinski definition) is 2. The third-order valence-corrected chi connectivity index (χ3v) is 2.96. The molecule has 1 N–H and O–H groups in total. The number of rotatable bonds is 1. The van der Waals surface area contributed by atoms with Crippen LogP contribution >= 0.6 is 0 Å². The van der Waals surface area contributed by atoms with E-state index < -0.39 is 0 Å². The van der Waals surface area contributed by atoms with E-state index in [1.165, 1.54) is 5.56 Å². The number of aryl methyl sites for hydroxylation is 1. The van der Waals surface area contributed by atoms with E-state index in [2.05, 4.69) is 30.4 Å². The van der Waals surface area contributed by atoms with Crippen molar-refractivity contribution in [1.82, 2.24) is 0 Å². The summed E-state index contributed by atoms with van der Waals surface area (Å²) in [6, 6.07) is 14.1. The molecule has 3 heteroatoms. The van der Waals surface area contributed by atoms with Crippen LogP contribution in [0.3, 0.4) is 0 Å². The molecule has 0 spiro atoms. The monoisotopic (exact) mass is 239 g/mol. The van der Waals surface area contributed by atoms with Crippen molar-refractivity contribution in [3.63, 3.8) is 0 Å². The van der Waals surface area contributed by atoms with Gasteiger partial charge >= 0.3 is 0 Å². The number of amides is 1. The van der Waals surface area contributed by atoms with Crippen LogP contribution in [0.15, 0.2) is 42.5 Å². The lowest BCUT2D eigenvalue weighted by molar-refractivity contribution is -0.118. The highest BCUT2D eigenvalue weighted by molar-refractivity contribution is 5.96. The van der Waals surface area contributed by atoms with Gasteiger partial charge in [0, 0.05) is 0 Å². The number of benzene rings is 2. The van der Waals surface area contributed by atoms with Crippen LogP contribution in [0.1, 0.15) is 5.56 Å². The first-order valence-corrected chi connectivity index (χ1v) is 5.86. The average Bonchev–Trinajstić information content (AvgIpc) is 2.38. The van der Waals surface area contributed by atoms with Crippen LogP contribution in [0.4, 0.5) is 5.69 Å². The van der Waals surface area contributed by atoms with E-state index in [0.717, 1.165) is 22.6 Å². The fourth-order valence-electron chi connectivity index (χ4n) is 2.09. The van der Waals surface area contributed by atoms with Gasteiger partial charge in [0.05, 0.1) is 5.69 Å². The van der Waals surface area contributed by atoms with Crippen LogP contribution in [-0.2, 0) is 4.79 Å². The average molecular weight is 239 g/mol. The molecule has 90 valence electrons. The fraction of sp³-hybridized carbons (Fsp3) is 0.133. The maximum atomic E-state index is 11.3. The fourth-order valence-corrected chi connectivity index (χ4v) is 2.09. The molecular formula is C15H13NO2. The highest BCUT2D eigenvalue weighted by atomic mass is 16.5. The number of anilines is 1. The molecule has 0 bridgehead atoms. The maximum absolute atomic E-state index is 11.3. The van der Waals surface area contributed by atoms with Crippen LogP contribution in [0.2, 0.25) is 0 Å². The zero-order valence-corrected chi connectivity index (χ0v) is 10.1. The van der Waals surface area contributed by atoms with Gasteiger partial charge in [-0.3, -0.25) is 4.79 Å². The largest absolute Gasteiger partial charge is 0.482 e. The van der Waals surface area contributed by atoms with Gasteiger partial charge in [-0.05, 0) is 30.2 Å². The topological polar surface area (TPSA) is 38.3 Å². The van der Waals surface area contributed by atoms with Crippen molar-refractivity contribution in [3.05, 3.63) is 48.0 Å². The Kier molecular flexibility index (Phi) is 2.52. The predicted molar refractivity (Wildman–Crippen MR) is 70.7 cm³/mol. The first-order valence-electron chi connectivity index (χ1n) is 5.86. The Morgan fingerprint density at radius 2 is 1.94 bits per heavy atom. The quantitative estimate of drug-likeness (QED) is 0.830. The molecule has 0 saturated carbocycles. The molecule has 0 fully saturated rings. The second-order valence-corrected chi connectivity index (χ2v) is 4.42. The lowest BCUT2D eigenvalue weighted by atomic mass is 10.0. The van der Waals surface area contributed by atoms with Gasteiger partial charge in [-0.1, -0.05) is 35.9 Å². The highest BCUT2D eigenvalue weighted by Crippen LogP contribution is 2.32. The molecule has 0 aromatic heterocycles. The van der Waals surface area contributed by atoms with Crippen LogP contribution in [0.5, 0.6) is 5.75 Å². The molecule has 3 nitrogen and oxygen atoms in total. The summed E-state index contributed by atoms with van der Waals surface area (Å²) in [5.74, 6) is 0.620. The Labute approximate surface area is 105 Å². The van der Waals surface area contributed by atoms with Crippen molar-refractivity contribution in [2.24, 2.45) is 0 Å². The molecule has 3 rings (SSSR count). The molecule has 18 heavy (non-hydrogen) atoms. The van der Waals surface area contributed by atoms with Crippen LogP contribution in [0, 0.1) is 6.92 Å². The molecule has 0 atom stereocenters. The zero-order valence-electron chi connectivity index (χ0n) is 10.1. The van der Waals surface area contributed by atoms with Gasteiger partial charge in [0.1, 0.15) is 5.75 Å². The summed E-state index contributed by atoms with van der Waals surface area (Å²) in [5.41, 5.74) is 4.16. The predicted octanol–water partition coefficient (Wildman–Crippen LogP) is 2.99. The standard InChI is InChI=1S/C15H13NO2/c1-10-3-2-4-11(7-10)12-5-6-14-13(8-12)16-15(17)9-18-14/h2-8H,9H2,1H3,(H,16,17). The molecule has 0 radical (unpaired) electrons. The van der Waals surface area contributed by atoms with E-state index in [0.29, 0.717) is 0 Å². The van der Waals surface area contributed by atoms with Crippen LogP contribution in [0.25, 0.3) is 11.1 Å². The molecule has 1 amide bonds. The van der Waals surface area contributed by atoms with E-state index in [1.54, 1.807) is 0 Å². The molecule has 1 aliphatic heterocycles. The summed E-state index contributed by atoms with van der Waals surface area (Å²) < 4.78 is 5.34. The number of carbonyl (C=O) groups is 1. The van der Waals surface area contributed by atoms with Crippen LogP contribution in [-0.4, -0.2) is 12.5 Å². The second-order valence-electron chi connectivity index (χ2n) is 4.42. The Balaban J connectivity index is 2.04. The van der Waals surface area contributed by atoms with E-state index >= 15 is 0 Å².